The second-order valence-electron chi connectivity index (χ2n) is 4.53. The van der Waals surface area contributed by atoms with Gasteiger partial charge in [0.1, 0.15) is 17.1 Å². The third-order valence-electron chi connectivity index (χ3n) is 3.27. The van der Waals surface area contributed by atoms with Crippen LogP contribution in [0.1, 0.15) is 0 Å². The molecule has 3 rings (SSSR count). The number of fused-ring (bicyclic) bond motifs is 1. The van der Waals surface area contributed by atoms with E-state index < -0.39 is 0 Å². The van der Waals surface area contributed by atoms with Gasteiger partial charge in [0.2, 0.25) is 5.75 Å². The van der Waals surface area contributed by atoms with Gasteiger partial charge < -0.3 is 24.1 Å². The summed E-state index contributed by atoms with van der Waals surface area (Å²) in [5.74, 6) is 1.33. The van der Waals surface area contributed by atoms with E-state index in [0.29, 0.717) is 22.7 Å². The summed E-state index contributed by atoms with van der Waals surface area (Å²) < 4.78 is 16.2. The maximum atomic E-state index is 9.80. The lowest BCUT2D eigenvalue weighted by atomic mass is 10.1. The van der Waals surface area contributed by atoms with Crippen LogP contribution in [-0.2, 0) is 0 Å². The van der Waals surface area contributed by atoms with Crippen LogP contribution in [0.5, 0.6) is 23.0 Å². The molecule has 3 aromatic rings. The fourth-order valence-electron chi connectivity index (χ4n) is 2.30. The number of furan rings is 1. The maximum Gasteiger partial charge on any atom is 0.203 e. The zero-order chi connectivity index (χ0) is 15.0. The van der Waals surface area contributed by atoms with Crippen molar-refractivity contribution in [3.63, 3.8) is 0 Å². The molecule has 0 unspecified atom stereocenters. The molecule has 1 aromatic heterocycles. The fourth-order valence-corrected chi connectivity index (χ4v) is 2.30. The lowest BCUT2D eigenvalue weighted by molar-refractivity contribution is 0.333. The minimum atomic E-state index is -0.00754. The van der Waals surface area contributed by atoms with Crippen LogP contribution in [0.25, 0.3) is 22.3 Å². The molecular formula is C16H14O5. The third kappa shape index (κ3) is 2.12. The van der Waals surface area contributed by atoms with E-state index in [9.17, 15) is 10.2 Å². The van der Waals surface area contributed by atoms with E-state index in [2.05, 4.69) is 0 Å². The number of rotatable bonds is 3. The number of hydrogen-bond acceptors (Lipinski definition) is 5. The van der Waals surface area contributed by atoms with Gasteiger partial charge >= 0.3 is 0 Å². The highest BCUT2D eigenvalue weighted by Crippen LogP contribution is 2.44. The van der Waals surface area contributed by atoms with Crippen molar-refractivity contribution in [3.8, 4) is 34.3 Å². The SMILES string of the molecule is COc1c(O)ccc(-c2cc3ccc(O)cc3o2)c1OC. The first-order valence-corrected chi connectivity index (χ1v) is 6.31. The molecule has 21 heavy (non-hydrogen) atoms. The van der Waals surface area contributed by atoms with E-state index in [1.807, 2.05) is 6.07 Å². The van der Waals surface area contributed by atoms with Gasteiger partial charge in [-0.3, -0.25) is 0 Å². The Morgan fingerprint density at radius 3 is 2.38 bits per heavy atom. The standard InChI is InChI=1S/C16H14O5/c1-19-15-11(5-6-12(18)16(15)20-2)14-7-9-3-4-10(17)8-13(9)21-14/h3-8,17-18H,1-2H3. The number of aromatic hydroxyl groups is 2. The number of benzene rings is 2. The lowest BCUT2D eigenvalue weighted by Crippen LogP contribution is -1.93. The Kier molecular flexibility index (Phi) is 3.10. The number of methoxy groups -OCH3 is 2. The van der Waals surface area contributed by atoms with Gasteiger partial charge in [0, 0.05) is 11.5 Å². The molecule has 2 aromatic carbocycles. The molecule has 0 radical (unpaired) electrons. The number of phenolic OH excluding ortho intramolecular Hbond substituents is 2. The highest BCUT2D eigenvalue weighted by Gasteiger charge is 2.18. The normalized spacial score (nSPS) is 10.8. The average Bonchev–Trinajstić information content (AvgIpc) is 2.89. The molecule has 5 heteroatoms. The van der Waals surface area contributed by atoms with Crippen LogP contribution < -0.4 is 9.47 Å². The van der Waals surface area contributed by atoms with Crippen molar-refractivity contribution in [2.24, 2.45) is 0 Å². The summed E-state index contributed by atoms with van der Waals surface area (Å²) in [5, 5.41) is 20.2. The molecule has 2 N–H and O–H groups in total. The van der Waals surface area contributed by atoms with Crippen LogP contribution in [0.3, 0.4) is 0 Å². The maximum absolute atomic E-state index is 9.80. The zero-order valence-electron chi connectivity index (χ0n) is 11.6. The van der Waals surface area contributed by atoms with Crippen LogP contribution in [-0.4, -0.2) is 24.4 Å². The van der Waals surface area contributed by atoms with Crippen molar-refractivity contribution in [3.05, 3.63) is 36.4 Å². The summed E-state index contributed by atoms with van der Waals surface area (Å²) in [6.45, 7) is 0. The molecule has 0 aliphatic heterocycles. The Hall–Kier alpha value is -2.82. The summed E-state index contributed by atoms with van der Waals surface area (Å²) in [6, 6.07) is 9.94. The number of hydrogen-bond donors (Lipinski definition) is 2. The molecule has 0 aliphatic rings. The van der Waals surface area contributed by atoms with Gasteiger partial charge in [-0.1, -0.05) is 0 Å². The minimum absolute atomic E-state index is 0.00754. The molecule has 0 spiro atoms. The van der Waals surface area contributed by atoms with Crippen molar-refractivity contribution >= 4 is 11.0 Å². The smallest absolute Gasteiger partial charge is 0.203 e. The second-order valence-corrected chi connectivity index (χ2v) is 4.53. The van der Waals surface area contributed by atoms with Gasteiger partial charge in [-0.2, -0.15) is 0 Å². The Labute approximate surface area is 121 Å². The molecule has 0 saturated carbocycles. The lowest BCUT2D eigenvalue weighted by Gasteiger charge is -2.12. The summed E-state index contributed by atoms with van der Waals surface area (Å²) in [5.41, 5.74) is 1.22. The predicted octanol–water partition coefficient (Wildman–Crippen LogP) is 3.53. The first-order valence-electron chi connectivity index (χ1n) is 6.31. The molecule has 0 aliphatic carbocycles. The largest absolute Gasteiger partial charge is 0.508 e. The van der Waals surface area contributed by atoms with Gasteiger partial charge in [-0.25, -0.2) is 0 Å². The monoisotopic (exact) mass is 286 g/mol. The third-order valence-corrected chi connectivity index (χ3v) is 3.27. The van der Waals surface area contributed by atoms with E-state index in [-0.39, 0.29) is 17.2 Å². The molecular weight excluding hydrogens is 272 g/mol. The van der Waals surface area contributed by atoms with E-state index in [0.717, 1.165) is 5.39 Å². The first-order chi connectivity index (χ1) is 10.1. The predicted molar refractivity (Wildman–Crippen MR) is 78.1 cm³/mol. The summed E-state index contributed by atoms with van der Waals surface area (Å²) in [6.07, 6.45) is 0. The molecule has 5 nitrogen and oxygen atoms in total. The average molecular weight is 286 g/mol. The molecule has 0 saturated heterocycles. The highest BCUT2D eigenvalue weighted by atomic mass is 16.5. The van der Waals surface area contributed by atoms with E-state index >= 15 is 0 Å². The Morgan fingerprint density at radius 1 is 0.905 bits per heavy atom. The Balaban J connectivity index is 2.22. The topological polar surface area (TPSA) is 72.1 Å². The minimum Gasteiger partial charge on any atom is -0.508 e. The van der Waals surface area contributed by atoms with E-state index in [4.69, 9.17) is 13.9 Å². The van der Waals surface area contributed by atoms with Crippen molar-refractivity contribution in [1.29, 1.82) is 0 Å². The van der Waals surface area contributed by atoms with Crippen LogP contribution in [0.2, 0.25) is 0 Å². The first kappa shape index (κ1) is 13.2. The van der Waals surface area contributed by atoms with Crippen LogP contribution in [0, 0.1) is 0 Å². The van der Waals surface area contributed by atoms with E-state index in [1.165, 1.54) is 20.3 Å². The van der Waals surface area contributed by atoms with Crippen LogP contribution >= 0.6 is 0 Å². The highest BCUT2D eigenvalue weighted by molar-refractivity contribution is 5.86. The quantitative estimate of drug-likeness (QED) is 0.770. The Morgan fingerprint density at radius 2 is 1.67 bits per heavy atom. The van der Waals surface area contributed by atoms with Crippen molar-refractivity contribution in [1.82, 2.24) is 0 Å². The van der Waals surface area contributed by atoms with Crippen LogP contribution in [0.4, 0.5) is 0 Å². The molecule has 0 fully saturated rings. The number of ether oxygens (including phenoxy) is 2. The van der Waals surface area contributed by atoms with Gasteiger partial charge in [-0.15, -0.1) is 0 Å². The van der Waals surface area contributed by atoms with Gasteiger partial charge in [0.25, 0.3) is 0 Å². The summed E-state index contributed by atoms with van der Waals surface area (Å²) >= 11 is 0. The van der Waals surface area contributed by atoms with Crippen molar-refractivity contribution < 1.29 is 24.1 Å². The van der Waals surface area contributed by atoms with Crippen LogP contribution in [0.15, 0.2) is 40.8 Å². The number of phenols is 2. The van der Waals surface area contributed by atoms with Gasteiger partial charge in [-0.05, 0) is 30.3 Å². The second kappa shape index (κ2) is 4.94. The van der Waals surface area contributed by atoms with E-state index in [1.54, 1.807) is 24.3 Å². The van der Waals surface area contributed by atoms with Crippen molar-refractivity contribution in [2.45, 2.75) is 0 Å². The molecule has 0 bridgehead atoms. The summed E-state index contributed by atoms with van der Waals surface area (Å²) in [7, 11) is 2.95. The van der Waals surface area contributed by atoms with Gasteiger partial charge in [0.05, 0.1) is 19.8 Å². The fraction of sp³-hybridized carbons (Fsp3) is 0.125. The van der Waals surface area contributed by atoms with Crippen molar-refractivity contribution in [2.75, 3.05) is 14.2 Å². The molecule has 108 valence electrons. The molecule has 0 amide bonds. The van der Waals surface area contributed by atoms with Gasteiger partial charge in [0.15, 0.2) is 11.5 Å². The zero-order valence-corrected chi connectivity index (χ0v) is 11.6. The molecule has 1 heterocycles. The summed E-state index contributed by atoms with van der Waals surface area (Å²) in [4.78, 5) is 0. The Bertz CT molecular complexity index is 804. The molecule has 0 atom stereocenters.